The fourth-order valence-corrected chi connectivity index (χ4v) is 6.79. The molecule has 0 spiro atoms. The smallest absolute Gasteiger partial charge is 0.0473 e. The predicted molar refractivity (Wildman–Crippen MR) is 160 cm³/mol. The molecule has 2 atom stereocenters. The maximum Gasteiger partial charge on any atom is 0.0473 e. The summed E-state index contributed by atoms with van der Waals surface area (Å²) in [5, 5.41) is 9.32. The highest BCUT2D eigenvalue weighted by molar-refractivity contribution is 7.10. The number of halogens is 1. The molecule has 0 radical (unpaired) electrons. The first-order valence-electron chi connectivity index (χ1n) is 13.6. The number of unbranched alkanes of at least 4 members (excludes halogenated alkanes) is 1. The molecule has 5 rings (SSSR count). The van der Waals surface area contributed by atoms with Gasteiger partial charge in [0.15, 0.2) is 0 Å². The van der Waals surface area contributed by atoms with Crippen molar-refractivity contribution < 1.29 is 0 Å². The van der Waals surface area contributed by atoms with Crippen molar-refractivity contribution in [1.82, 2.24) is 15.1 Å². The van der Waals surface area contributed by atoms with Crippen LogP contribution in [0, 0.1) is 0 Å². The third kappa shape index (κ3) is 6.81. The van der Waals surface area contributed by atoms with Crippen LogP contribution in [-0.4, -0.2) is 56.1 Å². The van der Waals surface area contributed by atoms with E-state index >= 15 is 0 Å². The Morgan fingerprint density at radius 3 is 2.73 bits per heavy atom. The zero-order valence-electron chi connectivity index (χ0n) is 21.8. The van der Waals surface area contributed by atoms with Gasteiger partial charge in [0.05, 0.1) is 0 Å². The van der Waals surface area contributed by atoms with Gasteiger partial charge >= 0.3 is 0 Å². The van der Waals surface area contributed by atoms with Gasteiger partial charge in [0.1, 0.15) is 0 Å². The lowest BCUT2D eigenvalue weighted by molar-refractivity contribution is 0.157. The molecule has 1 fully saturated rings. The molecule has 1 aliphatic rings. The monoisotopic (exact) mass is 531 g/mol. The molecule has 1 N–H and O–H groups in total. The molecule has 4 aromatic rings. The fraction of sp³-hybridized carbons (Fsp3) is 0.375. The Kier molecular flexibility index (Phi) is 9.30. The standard InChI is InChI=1S/C32H38ClN3S/c1-35(18-4-5-19-36-21-17-34-24-31(36)26-11-6-12-27(33)23-26)20-16-30(32-15-8-22-37-32)29-14-7-10-25-9-2-3-13-28(25)29/h2-3,6-15,22-23,30-31,34H,4-5,16-21,24H2,1H3. The third-order valence-electron chi connectivity index (χ3n) is 7.71. The lowest BCUT2D eigenvalue weighted by Gasteiger charge is -2.36. The van der Waals surface area contributed by atoms with Gasteiger partial charge in [0, 0.05) is 41.5 Å². The maximum atomic E-state index is 6.28. The van der Waals surface area contributed by atoms with E-state index in [1.165, 1.54) is 39.6 Å². The highest BCUT2D eigenvalue weighted by Gasteiger charge is 2.23. The molecular weight excluding hydrogens is 494 g/mol. The summed E-state index contributed by atoms with van der Waals surface area (Å²) in [5.41, 5.74) is 2.78. The van der Waals surface area contributed by atoms with Gasteiger partial charge in [0.25, 0.3) is 0 Å². The Morgan fingerprint density at radius 2 is 1.86 bits per heavy atom. The van der Waals surface area contributed by atoms with Crippen molar-refractivity contribution in [3.63, 3.8) is 0 Å². The number of nitrogens with zero attached hydrogens (tertiary/aromatic N) is 2. The van der Waals surface area contributed by atoms with Crippen molar-refractivity contribution in [2.24, 2.45) is 0 Å². The minimum atomic E-state index is 0.414. The summed E-state index contributed by atoms with van der Waals surface area (Å²) in [6.07, 6.45) is 3.58. The van der Waals surface area contributed by atoms with Crippen LogP contribution in [-0.2, 0) is 0 Å². The van der Waals surface area contributed by atoms with Crippen molar-refractivity contribution in [2.75, 3.05) is 46.3 Å². The fourth-order valence-electron chi connectivity index (χ4n) is 5.71. The minimum absolute atomic E-state index is 0.414. The van der Waals surface area contributed by atoms with E-state index in [0.29, 0.717) is 12.0 Å². The van der Waals surface area contributed by atoms with Crippen LogP contribution >= 0.6 is 22.9 Å². The van der Waals surface area contributed by atoms with Crippen molar-refractivity contribution in [2.45, 2.75) is 31.2 Å². The van der Waals surface area contributed by atoms with Crippen LogP contribution in [0.4, 0.5) is 0 Å². The highest BCUT2D eigenvalue weighted by Crippen LogP contribution is 2.35. The Balaban J connectivity index is 1.15. The molecule has 2 unspecified atom stereocenters. The van der Waals surface area contributed by atoms with Gasteiger partial charge in [-0.15, -0.1) is 11.3 Å². The molecule has 37 heavy (non-hydrogen) atoms. The highest BCUT2D eigenvalue weighted by atomic mass is 35.5. The van der Waals surface area contributed by atoms with Crippen LogP contribution in [0.15, 0.2) is 84.2 Å². The summed E-state index contributed by atoms with van der Waals surface area (Å²) < 4.78 is 0. The molecule has 3 aromatic carbocycles. The maximum absolute atomic E-state index is 6.28. The van der Waals surface area contributed by atoms with Gasteiger partial charge in [0.2, 0.25) is 0 Å². The SMILES string of the molecule is CN(CCCCN1CCNCC1c1cccc(Cl)c1)CCC(c1cccs1)c1cccc2ccccc12. The summed E-state index contributed by atoms with van der Waals surface area (Å²) in [5.74, 6) is 0.438. The Labute approximate surface area is 231 Å². The second kappa shape index (κ2) is 13.0. The number of nitrogens with one attached hydrogen (secondary N) is 1. The van der Waals surface area contributed by atoms with E-state index in [9.17, 15) is 0 Å². The summed E-state index contributed by atoms with van der Waals surface area (Å²) in [6, 6.07) is 28.9. The van der Waals surface area contributed by atoms with Crippen molar-refractivity contribution in [3.8, 4) is 0 Å². The average Bonchev–Trinajstić information content (AvgIpc) is 3.46. The van der Waals surface area contributed by atoms with E-state index in [1.54, 1.807) is 0 Å². The quantitative estimate of drug-likeness (QED) is 0.203. The van der Waals surface area contributed by atoms with E-state index in [0.717, 1.165) is 50.7 Å². The first-order valence-corrected chi connectivity index (χ1v) is 14.8. The number of benzene rings is 3. The van der Waals surface area contributed by atoms with Gasteiger partial charge in [-0.05, 0) is 91.4 Å². The molecule has 0 bridgehead atoms. The first-order chi connectivity index (χ1) is 18.2. The topological polar surface area (TPSA) is 18.5 Å². The van der Waals surface area contributed by atoms with Crippen LogP contribution in [0.5, 0.6) is 0 Å². The first kappa shape index (κ1) is 26.4. The number of hydrogen-bond acceptors (Lipinski definition) is 4. The molecule has 0 amide bonds. The molecule has 194 valence electrons. The average molecular weight is 532 g/mol. The molecule has 2 heterocycles. The van der Waals surface area contributed by atoms with Crippen molar-refractivity contribution in [3.05, 3.63) is 105 Å². The molecule has 1 aliphatic heterocycles. The molecular formula is C32H38ClN3S. The molecule has 0 aliphatic carbocycles. The van der Waals surface area contributed by atoms with E-state index in [2.05, 4.69) is 100 Å². The van der Waals surface area contributed by atoms with Crippen LogP contribution in [0.3, 0.4) is 0 Å². The van der Waals surface area contributed by atoms with Crippen molar-refractivity contribution in [1.29, 1.82) is 0 Å². The molecule has 0 saturated carbocycles. The molecule has 1 saturated heterocycles. The lowest BCUT2D eigenvalue weighted by Crippen LogP contribution is -2.46. The normalized spacial score (nSPS) is 17.4. The zero-order valence-corrected chi connectivity index (χ0v) is 23.4. The summed E-state index contributed by atoms with van der Waals surface area (Å²) in [4.78, 5) is 6.63. The van der Waals surface area contributed by atoms with Gasteiger partial charge in [-0.25, -0.2) is 0 Å². The number of fused-ring (bicyclic) bond motifs is 1. The largest absolute Gasteiger partial charge is 0.314 e. The molecule has 5 heteroatoms. The lowest BCUT2D eigenvalue weighted by atomic mass is 9.89. The number of piperazine rings is 1. The van der Waals surface area contributed by atoms with Crippen LogP contribution in [0.25, 0.3) is 10.8 Å². The summed E-state index contributed by atoms with van der Waals surface area (Å²) in [6.45, 7) is 6.54. The second-order valence-corrected chi connectivity index (χ2v) is 11.7. The van der Waals surface area contributed by atoms with Gasteiger partial charge < -0.3 is 10.2 Å². The Morgan fingerprint density at radius 1 is 1.00 bits per heavy atom. The minimum Gasteiger partial charge on any atom is -0.314 e. The van der Waals surface area contributed by atoms with Crippen LogP contribution in [0.2, 0.25) is 5.02 Å². The van der Waals surface area contributed by atoms with Crippen LogP contribution in [0.1, 0.15) is 47.2 Å². The van der Waals surface area contributed by atoms with Crippen molar-refractivity contribution >= 4 is 33.7 Å². The summed E-state index contributed by atoms with van der Waals surface area (Å²) in [7, 11) is 2.29. The zero-order chi connectivity index (χ0) is 25.5. The second-order valence-electron chi connectivity index (χ2n) is 10.2. The number of hydrogen-bond donors (Lipinski definition) is 1. The van der Waals surface area contributed by atoms with E-state index in [4.69, 9.17) is 11.6 Å². The summed E-state index contributed by atoms with van der Waals surface area (Å²) >= 11 is 8.17. The Bertz CT molecular complexity index is 1250. The van der Waals surface area contributed by atoms with Gasteiger partial charge in [-0.3, -0.25) is 4.90 Å². The molecule has 3 nitrogen and oxygen atoms in total. The molecule has 1 aromatic heterocycles. The predicted octanol–water partition coefficient (Wildman–Crippen LogP) is 7.44. The van der Waals surface area contributed by atoms with Gasteiger partial charge in [-0.1, -0.05) is 72.3 Å². The number of thiophene rings is 1. The Hall–Kier alpha value is -2.21. The van der Waals surface area contributed by atoms with E-state index in [1.807, 2.05) is 17.4 Å². The van der Waals surface area contributed by atoms with Crippen LogP contribution < -0.4 is 5.32 Å². The third-order valence-corrected chi connectivity index (χ3v) is 8.93. The number of rotatable bonds is 11. The van der Waals surface area contributed by atoms with Gasteiger partial charge in [-0.2, -0.15) is 0 Å². The van der Waals surface area contributed by atoms with E-state index in [-0.39, 0.29) is 0 Å². The van der Waals surface area contributed by atoms with E-state index < -0.39 is 0 Å².